The second kappa shape index (κ2) is 7.86. The van der Waals surface area contributed by atoms with Crippen molar-refractivity contribution < 1.29 is 9.13 Å². The second-order valence-electron chi connectivity index (χ2n) is 4.62. The summed E-state index contributed by atoms with van der Waals surface area (Å²) in [6, 6.07) is 12.1. The first kappa shape index (κ1) is 15.6. The topological polar surface area (TPSA) is 47.3 Å². The van der Waals surface area contributed by atoms with E-state index in [0.717, 1.165) is 18.7 Å². The molecule has 2 aromatic rings. The Kier molecular flexibility index (Phi) is 5.84. The van der Waals surface area contributed by atoms with E-state index in [1.807, 2.05) is 24.3 Å². The first-order valence-corrected chi connectivity index (χ1v) is 7.17. The standard InChI is InChI=1S/C16H18ClFN2O/c17-13-6-5-12(16(18)9-13)11-21-15-4-1-3-14(10-15)20-8-2-7-19/h1,3-6,9-10,20H,2,7-8,11,19H2. The highest BCUT2D eigenvalue weighted by atomic mass is 35.5. The number of hydrogen-bond donors (Lipinski definition) is 2. The second-order valence-corrected chi connectivity index (χ2v) is 5.06. The van der Waals surface area contributed by atoms with Crippen LogP contribution in [-0.2, 0) is 6.61 Å². The number of rotatable bonds is 7. The minimum atomic E-state index is -0.361. The van der Waals surface area contributed by atoms with E-state index in [-0.39, 0.29) is 12.4 Å². The van der Waals surface area contributed by atoms with Gasteiger partial charge in [-0.1, -0.05) is 23.7 Å². The number of nitrogens with two attached hydrogens (primary N) is 1. The molecule has 0 saturated carbocycles. The molecule has 0 amide bonds. The van der Waals surface area contributed by atoms with E-state index in [0.29, 0.717) is 22.9 Å². The molecule has 112 valence electrons. The van der Waals surface area contributed by atoms with Gasteiger partial charge in [-0.3, -0.25) is 0 Å². The fourth-order valence-corrected chi connectivity index (χ4v) is 1.99. The van der Waals surface area contributed by atoms with E-state index in [2.05, 4.69) is 5.32 Å². The third-order valence-electron chi connectivity index (χ3n) is 2.95. The van der Waals surface area contributed by atoms with Gasteiger partial charge in [0.1, 0.15) is 18.2 Å². The average molecular weight is 309 g/mol. The number of anilines is 1. The monoisotopic (exact) mass is 308 g/mol. The summed E-state index contributed by atoms with van der Waals surface area (Å²) in [5.74, 6) is 0.321. The SMILES string of the molecule is NCCCNc1cccc(OCc2ccc(Cl)cc2F)c1. The number of hydrogen-bond acceptors (Lipinski definition) is 3. The van der Waals surface area contributed by atoms with Gasteiger partial charge in [-0.15, -0.1) is 0 Å². The van der Waals surface area contributed by atoms with Crippen molar-refractivity contribution in [3.8, 4) is 5.75 Å². The maximum Gasteiger partial charge on any atom is 0.131 e. The summed E-state index contributed by atoms with van der Waals surface area (Å²) in [4.78, 5) is 0. The molecular formula is C16H18ClFN2O. The molecule has 3 nitrogen and oxygen atoms in total. The van der Waals surface area contributed by atoms with Gasteiger partial charge in [-0.05, 0) is 37.2 Å². The molecule has 0 aromatic heterocycles. The van der Waals surface area contributed by atoms with Crippen LogP contribution in [0.15, 0.2) is 42.5 Å². The molecule has 2 rings (SSSR count). The van der Waals surface area contributed by atoms with Crippen molar-refractivity contribution in [2.45, 2.75) is 13.0 Å². The van der Waals surface area contributed by atoms with Gasteiger partial charge in [0.2, 0.25) is 0 Å². The summed E-state index contributed by atoms with van der Waals surface area (Å²) in [7, 11) is 0. The molecule has 21 heavy (non-hydrogen) atoms. The van der Waals surface area contributed by atoms with Crippen molar-refractivity contribution in [1.82, 2.24) is 0 Å². The zero-order valence-electron chi connectivity index (χ0n) is 11.6. The Morgan fingerprint density at radius 2 is 2.05 bits per heavy atom. The van der Waals surface area contributed by atoms with Crippen LogP contribution in [0.2, 0.25) is 5.02 Å². The maximum absolute atomic E-state index is 13.6. The molecule has 0 unspecified atom stereocenters. The lowest BCUT2D eigenvalue weighted by Crippen LogP contribution is -2.08. The van der Waals surface area contributed by atoms with Gasteiger partial charge in [0.25, 0.3) is 0 Å². The van der Waals surface area contributed by atoms with Crippen LogP contribution in [-0.4, -0.2) is 13.1 Å². The van der Waals surface area contributed by atoms with Crippen molar-refractivity contribution in [2.24, 2.45) is 5.73 Å². The van der Waals surface area contributed by atoms with Gasteiger partial charge in [-0.25, -0.2) is 4.39 Å². The molecule has 0 aliphatic rings. The Morgan fingerprint density at radius 3 is 2.81 bits per heavy atom. The molecule has 0 bridgehead atoms. The lowest BCUT2D eigenvalue weighted by Gasteiger charge is -2.10. The normalized spacial score (nSPS) is 10.4. The van der Waals surface area contributed by atoms with E-state index in [4.69, 9.17) is 22.1 Å². The molecule has 0 aliphatic heterocycles. The molecule has 0 heterocycles. The maximum atomic E-state index is 13.6. The van der Waals surface area contributed by atoms with E-state index < -0.39 is 0 Å². The van der Waals surface area contributed by atoms with Crippen LogP contribution in [0.25, 0.3) is 0 Å². The smallest absolute Gasteiger partial charge is 0.131 e. The molecule has 2 aromatic carbocycles. The van der Waals surface area contributed by atoms with Crippen LogP contribution in [0.4, 0.5) is 10.1 Å². The first-order valence-electron chi connectivity index (χ1n) is 6.80. The quantitative estimate of drug-likeness (QED) is 0.764. The number of ether oxygens (including phenoxy) is 1. The number of nitrogens with one attached hydrogen (secondary N) is 1. The number of halogens is 2. The van der Waals surface area contributed by atoms with Crippen LogP contribution in [0.3, 0.4) is 0 Å². The Hall–Kier alpha value is -1.78. The van der Waals surface area contributed by atoms with E-state index in [1.165, 1.54) is 6.07 Å². The minimum absolute atomic E-state index is 0.162. The van der Waals surface area contributed by atoms with Gasteiger partial charge < -0.3 is 15.8 Å². The predicted octanol–water partition coefficient (Wildman–Crippen LogP) is 3.82. The Balaban J connectivity index is 1.95. The lowest BCUT2D eigenvalue weighted by molar-refractivity contribution is 0.300. The third kappa shape index (κ3) is 4.92. The van der Waals surface area contributed by atoms with Gasteiger partial charge in [0.15, 0.2) is 0 Å². The van der Waals surface area contributed by atoms with Gasteiger partial charge in [0, 0.05) is 28.9 Å². The Labute approximate surface area is 128 Å². The van der Waals surface area contributed by atoms with E-state index in [1.54, 1.807) is 12.1 Å². The minimum Gasteiger partial charge on any atom is -0.489 e. The Morgan fingerprint density at radius 1 is 1.19 bits per heavy atom. The van der Waals surface area contributed by atoms with Crippen LogP contribution in [0.1, 0.15) is 12.0 Å². The summed E-state index contributed by atoms with van der Waals surface area (Å²) in [6.07, 6.45) is 0.904. The predicted molar refractivity (Wildman–Crippen MR) is 84.3 cm³/mol. The third-order valence-corrected chi connectivity index (χ3v) is 3.19. The zero-order chi connectivity index (χ0) is 15.1. The number of benzene rings is 2. The average Bonchev–Trinajstić information content (AvgIpc) is 2.47. The van der Waals surface area contributed by atoms with Crippen molar-refractivity contribution in [3.05, 3.63) is 58.9 Å². The van der Waals surface area contributed by atoms with E-state index in [9.17, 15) is 4.39 Å². The molecule has 3 N–H and O–H groups in total. The van der Waals surface area contributed by atoms with Crippen molar-refractivity contribution in [2.75, 3.05) is 18.4 Å². The fourth-order valence-electron chi connectivity index (χ4n) is 1.83. The molecule has 0 spiro atoms. The van der Waals surface area contributed by atoms with Crippen LogP contribution in [0, 0.1) is 5.82 Å². The largest absolute Gasteiger partial charge is 0.489 e. The summed E-state index contributed by atoms with van der Waals surface area (Å²) >= 11 is 5.72. The fraction of sp³-hybridized carbons (Fsp3) is 0.250. The highest BCUT2D eigenvalue weighted by Gasteiger charge is 2.04. The highest BCUT2D eigenvalue weighted by molar-refractivity contribution is 6.30. The van der Waals surface area contributed by atoms with Crippen LogP contribution >= 0.6 is 11.6 Å². The molecule has 5 heteroatoms. The molecule has 0 aliphatic carbocycles. The first-order chi connectivity index (χ1) is 10.2. The van der Waals surface area contributed by atoms with Crippen molar-refractivity contribution >= 4 is 17.3 Å². The van der Waals surface area contributed by atoms with Gasteiger partial charge in [0.05, 0.1) is 0 Å². The molecule has 0 radical (unpaired) electrons. The molecule has 0 saturated heterocycles. The highest BCUT2D eigenvalue weighted by Crippen LogP contribution is 2.20. The molecular weight excluding hydrogens is 291 g/mol. The van der Waals surface area contributed by atoms with Crippen LogP contribution in [0.5, 0.6) is 5.75 Å². The van der Waals surface area contributed by atoms with Gasteiger partial charge >= 0.3 is 0 Å². The summed E-state index contributed by atoms with van der Waals surface area (Å²) in [5, 5.41) is 3.63. The summed E-state index contributed by atoms with van der Waals surface area (Å²) in [5.41, 5.74) is 6.88. The van der Waals surface area contributed by atoms with Crippen LogP contribution < -0.4 is 15.8 Å². The zero-order valence-corrected chi connectivity index (χ0v) is 12.4. The summed E-state index contributed by atoms with van der Waals surface area (Å²) in [6.45, 7) is 1.63. The molecule has 0 atom stereocenters. The lowest BCUT2D eigenvalue weighted by atomic mass is 10.2. The van der Waals surface area contributed by atoms with Crippen molar-refractivity contribution in [3.63, 3.8) is 0 Å². The Bertz CT molecular complexity index is 592. The van der Waals surface area contributed by atoms with Gasteiger partial charge in [-0.2, -0.15) is 0 Å². The summed E-state index contributed by atoms with van der Waals surface area (Å²) < 4.78 is 19.3. The van der Waals surface area contributed by atoms with Crippen molar-refractivity contribution in [1.29, 1.82) is 0 Å². The molecule has 0 fully saturated rings. The van der Waals surface area contributed by atoms with E-state index >= 15 is 0 Å².